The minimum absolute atomic E-state index is 0.174. The molecule has 1 aromatic rings. The fraction of sp³-hybridized carbons (Fsp3) is 0.625. The molecule has 2 heterocycles. The molecule has 0 aromatic carbocycles. The summed E-state index contributed by atoms with van der Waals surface area (Å²) in [5.41, 5.74) is 5.53. The van der Waals surface area contributed by atoms with Crippen LogP contribution in [0.15, 0.2) is 24.4 Å². The number of carbonyl (C=O) groups is 1. The highest BCUT2D eigenvalue weighted by atomic mass is 16.2. The molecule has 3 rings (SSSR count). The summed E-state index contributed by atoms with van der Waals surface area (Å²) in [4.78, 5) is 19.0. The molecule has 1 saturated heterocycles. The first-order valence-electron chi connectivity index (χ1n) is 7.90. The second-order valence-electron chi connectivity index (χ2n) is 6.26. The van der Waals surface area contributed by atoms with Gasteiger partial charge in [-0.15, -0.1) is 0 Å². The predicted octanol–water partition coefficient (Wildman–Crippen LogP) is 1.30. The second kappa shape index (κ2) is 6.02. The van der Waals surface area contributed by atoms with Crippen molar-refractivity contribution in [2.45, 2.75) is 38.1 Å². The van der Waals surface area contributed by atoms with Crippen LogP contribution in [0.3, 0.4) is 0 Å². The normalized spacial score (nSPS) is 21.7. The van der Waals surface area contributed by atoms with E-state index < -0.39 is 0 Å². The molecule has 2 aliphatic rings. The number of nitrogens with one attached hydrogen (secondary N) is 1. The van der Waals surface area contributed by atoms with Gasteiger partial charge in [-0.25, -0.2) is 4.98 Å². The van der Waals surface area contributed by atoms with Crippen LogP contribution in [0.4, 0.5) is 5.82 Å². The van der Waals surface area contributed by atoms with Crippen LogP contribution >= 0.6 is 0 Å². The van der Waals surface area contributed by atoms with Crippen molar-refractivity contribution in [2.75, 3.05) is 24.5 Å². The van der Waals surface area contributed by atoms with E-state index in [0.717, 1.165) is 51.0 Å². The third kappa shape index (κ3) is 2.88. The number of piperidine rings is 1. The van der Waals surface area contributed by atoms with Gasteiger partial charge in [0.05, 0.1) is 5.41 Å². The fourth-order valence-electron chi connectivity index (χ4n) is 3.26. The molecule has 2 fully saturated rings. The summed E-state index contributed by atoms with van der Waals surface area (Å²) < 4.78 is 0. The van der Waals surface area contributed by atoms with Crippen LogP contribution in [0.1, 0.15) is 32.1 Å². The van der Waals surface area contributed by atoms with Gasteiger partial charge in [-0.05, 0) is 37.8 Å². The van der Waals surface area contributed by atoms with Gasteiger partial charge in [0.15, 0.2) is 0 Å². The van der Waals surface area contributed by atoms with E-state index in [1.54, 1.807) is 0 Å². The summed E-state index contributed by atoms with van der Waals surface area (Å²) >= 11 is 0. The van der Waals surface area contributed by atoms with E-state index in [9.17, 15) is 4.79 Å². The number of nitrogens with two attached hydrogens (primary N) is 1. The van der Waals surface area contributed by atoms with Crippen molar-refractivity contribution in [3.8, 4) is 0 Å². The maximum atomic E-state index is 12.4. The minimum Gasteiger partial charge on any atom is -0.356 e. The van der Waals surface area contributed by atoms with Gasteiger partial charge in [0.1, 0.15) is 5.82 Å². The van der Waals surface area contributed by atoms with E-state index in [2.05, 4.69) is 15.2 Å². The number of hydrogen-bond donors (Lipinski definition) is 2. The summed E-state index contributed by atoms with van der Waals surface area (Å²) in [6, 6.07) is 6.26. The molecule has 0 bridgehead atoms. The zero-order chi connectivity index (χ0) is 14.7. The molecule has 5 heteroatoms. The predicted molar refractivity (Wildman–Crippen MR) is 83.0 cm³/mol. The van der Waals surface area contributed by atoms with Crippen LogP contribution in [-0.2, 0) is 4.79 Å². The Balaban J connectivity index is 1.51. The first-order chi connectivity index (χ1) is 10.2. The van der Waals surface area contributed by atoms with E-state index in [0.29, 0.717) is 6.54 Å². The zero-order valence-corrected chi connectivity index (χ0v) is 12.4. The molecule has 3 N–H and O–H groups in total. The maximum absolute atomic E-state index is 12.4. The third-order valence-corrected chi connectivity index (χ3v) is 4.99. The minimum atomic E-state index is -0.266. The van der Waals surface area contributed by atoms with E-state index in [-0.39, 0.29) is 17.4 Å². The Morgan fingerprint density at radius 1 is 1.38 bits per heavy atom. The van der Waals surface area contributed by atoms with Crippen molar-refractivity contribution in [3.63, 3.8) is 0 Å². The van der Waals surface area contributed by atoms with Crippen molar-refractivity contribution < 1.29 is 4.79 Å². The summed E-state index contributed by atoms with van der Waals surface area (Å²) in [5.74, 6) is 1.20. The molecule has 1 aliphatic carbocycles. The molecular weight excluding hydrogens is 264 g/mol. The van der Waals surface area contributed by atoms with Gasteiger partial charge < -0.3 is 16.0 Å². The lowest BCUT2D eigenvalue weighted by Gasteiger charge is -2.41. The Hall–Kier alpha value is -1.62. The second-order valence-corrected chi connectivity index (χ2v) is 6.26. The molecule has 5 nitrogen and oxygen atoms in total. The molecule has 1 aliphatic heterocycles. The quantitative estimate of drug-likeness (QED) is 0.876. The Kier molecular flexibility index (Phi) is 4.10. The van der Waals surface area contributed by atoms with Gasteiger partial charge >= 0.3 is 0 Å². The Morgan fingerprint density at radius 2 is 2.14 bits per heavy atom. The molecule has 0 atom stereocenters. The highest BCUT2D eigenvalue weighted by Crippen LogP contribution is 2.40. The van der Waals surface area contributed by atoms with Crippen LogP contribution in [0.5, 0.6) is 0 Å². The molecule has 1 aromatic heterocycles. The monoisotopic (exact) mass is 288 g/mol. The number of carbonyl (C=O) groups excluding carboxylic acids is 1. The topological polar surface area (TPSA) is 71.2 Å². The van der Waals surface area contributed by atoms with Crippen molar-refractivity contribution >= 4 is 11.7 Å². The van der Waals surface area contributed by atoms with Gasteiger partial charge in [-0.3, -0.25) is 4.79 Å². The zero-order valence-electron chi connectivity index (χ0n) is 12.4. The standard InChI is InChI=1S/C16H24N4O/c17-12-16(7-3-8-16)15(21)19-13-5-10-20(11-6-13)14-4-1-2-9-18-14/h1-2,4,9,13H,3,5-8,10-12,17H2,(H,19,21). The summed E-state index contributed by atoms with van der Waals surface area (Å²) in [6.45, 7) is 2.36. The van der Waals surface area contributed by atoms with Crippen LogP contribution in [0.2, 0.25) is 0 Å². The molecule has 114 valence electrons. The lowest BCUT2D eigenvalue weighted by Crippen LogP contribution is -2.54. The van der Waals surface area contributed by atoms with E-state index in [1.807, 2.05) is 24.4 Å². The smallest absolute Gasteiger partial charge is 0.227 e. The molecular formula is C16H24N4O. The first kappa shape index (κ1) is 14.3. The van der Waals surface area contributed by atoms with Gasteiger partial charge in [0, 0.05) is 31.9 Å². The lowest BCUT2D eigenvalue weighted by atomic mass is 9.68. The average molecular weight is 288 g/mol. The van der Waals surface area contributed by atoms with Crippen molar-refractivity contribution in [3.05, 3.63) is 24.4 Å². The highest BCUT2D eigenvalue weighted by molar-refractivity contribution is 5.84. The third-order valence-electron chi connectivity index (χ3n) is 4.99. The molecule has 0 spiro atoms. The number of hydrogen-bond acceptors (Lipinski definition) is 4. The number of aromatic nitrogens is 1. The van der Waals surface area contributed by atoms with E-state index >= 15 is 0 Å². The van der Waals surface area contributed by atoms with Crippen molar-refractivity contribution in [1.82, 2.24) is 10.3 Å². The molecule has 21 heavy (non-hydrogen) atoms. The molecule has 1 saturated carbocycles. The lowest BCUT2D eigenvalue weighted by molar-refractivity contribution is -0.136. The SMILES string of the molecule is NCC1(C(=O)NC2CCN(c3ccccn3)CC2)CCC1. The fourth-order valence-corrected chi connectivity index (χ4v) is 3.26. The van der Waals surface area contributed by atoms with Crippen LogP contribution < -0.4 is 16.0 Å². The van der Waals surface area contributed by atoms with E-state index in [1.165, 1.54) is 0 Å². The summed E-state index contributed by atoms with van der Waals surface area (Å²) in [6.07, 6.45) is 6.80. The first-order valence-corrected chi connectivity index (χ1v) is 7.90. The van der Waals surface area contributed by atoms with Gasteiger partial charge in [-0.1, -0.05) is 12.5 Å². The van der Waals surface area contributed by atoms with Crippen molar-refractivity contribution in [2.24, 2.45) is 11.1 Å². The molecule has 0 radical (unpaired) electrons. The van der Waals surface area contributed by atoms with Gasteiger partial charge in [0.25, 0.3) is 0 Å². The van der Waals surface area contributed by atoms with Crippen LogP contribution in [0.25, 0.3) is 0 Å². The van der Waals surface area contributed by atoms with Crippen LogP contribution in [0, 0.1) is 5.41 Å². The number of amides is 1. The van der Waals surface area contributed by atoms with Crippen LogP contribution in [-0.4, -0.2) is 36.6 Å². The molecule has 0 unspecified atom stereocenters. The Labute approximate surface area is 125 Å². The average Bonchev–Trinajstić information content (AvgIpc) is 2.48. The largest absolute Gasteiger partial charge is 0.356 e. The summed E-state index contributed by atoms with van der Waals surface area (Å²) in [5, 5.41) is 3.22. The number of rotatable bonds is 4. The highest BCUT2D eigenvalue weighted by Gasteiger charge is 2.43. The summed E-state index contributed by atoms with van der Waals surface area (Å²) in [7, 11) is 0. The maximum Gasteiger partial charge on any atom is 0.227 e. The number of pyridine rings is 1. The van der Waals surface area contributed by atoms with Crippen molar-refractivity contribution in [1.29, 1.82) is 0 Å². The number of nitrogens with zero attached hydrogens (tertiary/aromatic N) is 2. The Bertz CT molecular complexity index is 473. The Morgan fingerprint density at radius 3 is 2.67 bits per heavy atom. The number of anilines is 1. The van der Waals surface area contributed by atoms with E-state index in [4.69, 9.17) is 5.73 Å². The van der Waals surface area contributed by atoms with Gasteiger partial charge in [-0.2, -0.15) is 0 Å². The molecule has 1 amide bonds. The van der Waals surface area contributed by atoms with Gasteiger partial charge in [0.2, 0.25) is 5.91 Å².